The monoisotopic (exact) mass is 451 g/mol. The molecule has 32 heavy (non-hydrogen) atoms. The van der Waals surface area contributed by atoms with Crippen LogP contribution in [-0.2, 0) is 34.1 Å². The maximum atomic E-state index is 13.2. The molecule has 1 fully saturated rings. The molecule has 2 aliphatic rings. The van der Waals surface area contributed by atoms with Gasteiger partial charge in [-0.05, 0) is 67.0 Å². The summed E-state index contributed by atoms with van der Waals surface area (Å²) in [6, 6.07) is 13.7. The molecule has 6 nitrogen and oxygen atoms in total. The number of aromatic nitrogens is 1. The number of carbonyl (C=O) groups excluding carboxylic acids is 1. The fraction of sp³-hybridized carbons (Fsp3) is 0.400. The number of H-pyrrole nitrogens is 1. The number of nitrogens with zero attached hydrogens (tertiary/aromatic N) is 2. The number of aromatic amines is 1. The maximum absolute atomic E-state index is 13.2. The Balaban J connectivity index is 1.19. The zero-order valence-electron chi connectivity index (χ0n) is 18.2. The van der Waals surface area contributed by atoms with E-state index in [-0.39, 0.29) is 5.91 Å². The summed E-state index contributed by atoms with van der Waals surface area (Å²) in [4.78, 5) is 18.2. The van der Waals surface area contributed by atoms with Gasteiger partial charge in [0.2, 0.25) is 15.9 Å². The number of aryl methyl sites for hydroxylation is 3. The third-order valence-electron chi connectivity index (χ3n) is 6.83. The van der Waals surface area contributed by atoms with E-state index < -0.39 is 10.0 Å². The Bertz CT molecular complexity index is 1240. The quantitative estimate of drug-likeness (QED) is 0.645. The lowest BCUT2D eigenvalue weighted by molar-refractivity contribution is -0.132. The van der Waals surface area contributed by atoms with Crippen molar-refractivity contribution in [1.82, 2.24) is 14.2 Å². The Morgan fingerprint density at radius 2 is 1.69 bits per heavy atom. The van der Waals surface area contributed by atoms with Crippen molar-refractivity contribution in [3.63, 3.8) is 0 Å². The Labute approximate surface area is 189 Å². The van der Waals surface area contributed by atoms with E-state index in [0.717, 1.165) is 35.7 Å². The Kier molecular flexibility index (Phi) is 5.78. The van der Waals surface area contributed by atoms with Crippen LogP contribution in [0.2, 0.25) is 0 Å². The molecule has 1 amide bonds. The SMILES string of the molecule is O=C(CCc1c[nH]c2ccccc12)N1CCN(S(=O)(=O)c2ccc3c(c2)CCCC3)CC1. The second-order valence-corrected chi connectivity index (χ2v) is 10.7. The number of sulfonamides is 1. The number of amides is 1. The summed E-state index contributed by atoms with van der Waals surface area (Å²) in [6.07, 6.45) is 7.37. The average Bonchev–Trinajstić information content (AvgIpc) is 3.25. The Morgan fingerprint density at radius 3 is 2.50 bits per heavy atom. The van der Waals surface area contributed by atoms with Crippen LogP contribution in [0.1, 0.15) is 36.0 Å². The van der Waals surface area contributed by atoms with Crippen LogP contribution in [0, 0.1) is 0 Å². The first-order valence-corrected chi connectivity index (χ1v) is 12.9. The van der Waals surface area contributed by atoms with Gasteiger partial charge in [-0.15, -0.1) is 0 Å². The average molecular weight is 452 g/mol. The highest BCUT2D eigenvalue weighted by atomic mass is 32.2. The molecule has 7 heteroatoms. The molecular formula is C25H29N3O3S. The lowest BCUT2D eigenvalue weighted by Gasteiger charge is -2.34. The molecule has 1 aliphatic heterocycles. The molecule has 1 N–H and O–H groups in total. The van der Waals surface area contributed by atoms with Gasteiger partial charge < -0.3 is 9.88 Å². The number of rotatable bonds is 5. The topological polar surface area (TPSA) is 73.5 Å². The third-order valence-corrected chi connectivity index (χ3v) is 8.73. The van der Waals surface area contributed by atoms with Crippen LogP contribution >= 0.6 is 0 Å². The van der Waals surface area contributed by atoms with Crippen molar-refractivity contribution >= 4 is 26.8 Å². The lowest BCUT2D eigenvalue weighted by Crippen LogP contribution is -2.50. The molecule has 5 rings (SSSR count). The largest absolute Gasteiger partial charge is 0.361 e. The van der Waals surface area contributed by atoms with Gasteiger partial charge in [0.05, 0.1) is 4.90 Å². The predicted molar refractivity (Wildman–Crippen MR) is 125 cm³/mol. The number of fused-ring (bicyclic) bond motifs is 2. The van der Waals surface area contributed by atoms with E-state index in [0.29, 0.717) is 43.9 Å². The molecule has 2 heterocycles. The standard InChI is InChI=1S/C25H29N3O3S/c29-25(12-10-21-18-26-24-8-4-3-7-23(21)24)27-13-15-28(16-14-27)32(30,31)22-11-9-19-5-1-2-6-20(19)17-22/h3-4,7-9,11,17-18,26H,1-2,5-6,10,12-16H2. The first-order chi connectivity index (χ1) is 15.5. The summed E-state index contributed by atoms with van der Waals surface area (Å²) in [5.74, 6) is 0.0844. The Morgan fingerprint density at radius 1 is 0.938 bits per heavy atom. The molecule has 168 valence electrons. The van der Waals surface area contributed by atoms with Gasteiger partial charge in [-0.1, -0.05) is 24.3 Å². The smallest absolute Gasteiger partial charge is 0.243 e. The molecule has 0 unspecified atom stereocenters. The first kappa shape index (κ1) is 21.2. The van der Waals surface area contributed by atoms with E-state index in [1.165, 1.54) is 21.9 Å². The van der Waals surface area contributed by atoms with Gasteiger partial charge in [0.1, 0.15) is 0 Å². The number of carbonyl (C=O) groups is 1. The minimum atomic E-state index is -3.53. The van der Waals surface area contributed by atoms with Crippen LogP contribution in [0.3, 0.4) is 0 Å². The van der Waals surface area contributed by atoms with Crippen molar-refractivity contribution in [1.29, 1.82) is 0 Å². The van der Waals surface area contributed by atoms with Crippen LogP contribution < -0.4 is 0 Å². The van der Waals surface area contributed by atoms with Gasteiger partial charge in [-0.25, -0.2) is 8.42 Å². The Hall–Kier alpha value is -2.64. The molecule has 0 bridgehead atoms. The summed E-state index contributed by atoms with van der Waals surface area (Å²) in [5, 5.41) is 1.15. The molecule has 2 aromatic carbocycles. The number of piperazine rings is 1. The molecular weight excluding hydrogens is 422 g/mol. The first-order valence-electron chi connectivity index (χ1n) is 11.5. The van der Waals surface area contributed by atoms with Gasteiger partial charge in [-0.3, -0.25) is 4.79 Å². The zero-order valence-corrected chi connectivity index (χ0v) is 19.0. The molecule has 1 saturated heterocycles. The number of nitrogens with one attached hydrogen (secondary N) is 1. The van der Waals surface area contributed by atoms with Gasteiger partial charge in [0.25, 0.3) is 0 Å². The third kappa shape index (κ3) is 4.07. The van der Waals surface area contributed by atoms with Crippen molar-refractivity contribution in [3.8, 4) is 0 Å². The highest BCUT2D eigenvalue weighted by Gasteiger charge is 2.30. The summed E-state index contributed by atoms with van der Waals surface area (Å²) < 4.78 is 27.9. The second kappa shape index (κ2) is 8.71. The van der Waals surface area contributed by atoms with Crippen molar-refractivity contribution in [2.45, 2.75) is 43.4 Å². The molecule has 1 aromatic heterocycles. The van der Waals surface area contributed by atoms with Gasteiger partial charge in [0.15, 0.2) is 0 Å². The zero-order chi connectivity index (χ0) is 22.1. The molecule has 1 aliphatic carbocycles. The van der Waals surface area contributed by atoms with Crippen molar-refractivity contribution < 1.29 is 13.2 Å². The van der Waals surface area contributed by atoms with Crippen LogP contribution in [0.5, 0.6) is 0 Å². The van der Waals surface area contributed by atoms with Gasteiger partial charge >= 0.3 is 0 Å². The lowest BCUT2D eigenvalue weighted by atomic mass is 9.92. The highest BCUT2D eigenvalue weighted by Crippen LogP contribution is 2.26. The number of para-hydroxylation sites is 1. The minimum absolute atomic E-state index is 0.0844. The van der Waals surface area contributed by atoms with E-state index in [1.807, 2.05) is 36.5 Å². The highest BCUT2D eigenvalue weighted by molar-refractivity contribution is 7.89. The van der Waals surface area contributed by atoms with Crippen molar-refractivity contribution in [2.75, 3.05) is 26.2 Å². The summed E-state index contributed by atoms with van der Waals surface area (Å²) in [5.41, 5.74) is 4.67. The summed E-state index contributed by atoms with van der Waals surface area (Å²) in [6.45, 7) is 1.57. The van der Waals surface area contributed by atoms with Gasteiger partial charge in [-0.2, -0.15) is 4.31 Å². The van der Waals surface area contributed by atoms with E-state index in [9.17, 15) is 13.2 Å². The van der Waals surface area contributed by atoms with E-state index in [4.69, 9.17) is 0 Å². The van der Waals surface area contributed by atoms with Crippen LogP contribution in [0.4, 0.5) is 0 Å². The van der Waals surface area contributed by atoms with Crippen LogP contribution in [0.25, 0.3) is 10.9 Å². The molecule has 0 saturated carbocycles. The fourth-order valence-corrected chi connectivity index (χ4v) is 6.41. The van der Waals surface area contributed by atoms with Crippen molar-refractivity contribution in [3.05, 3.63) is 65.4 Å². The van der Waals surface area contributed by atoms with Gasteiger partial charge in [0, 0.05) is 49.7 Å². The summed E-state index contributed by atoms with van der Waals surface area (Å²) >= 11 is 0. The second-order valence-electron chi connectivity index (χ2n) is 8.78. The number of hydrogen-bond acceptors (Lipinski definition) is 3. The predicted octanol–water partition coefficient (Wildman–Crippen LogP) is 3.51. The fourth-order valence-electron chi connectivity index (χ4n) is 4.94. The number of benzene rings is 2. The molecule has 0 atom stereocenters. The summed E-state index contributed by atoms with van der Waals surface area (Å²) in [7, 11) is -3.53. The maximum Gasteiger partial charge on any atom is 0.243 e. The van der Waals surface area contributed by atoms with Crippen molar-refractivity contribution in [2.24, 2.45) is 0 Å². The van der Waals surface area contributed by atoms with Crippen LogP contribution in [-0.4, -0.2) is 54.7 Å². The molecule has 0 radical (unpaired) electrons. The normalized spacial score (nSPS) is 17.4. The van der Waals surface area contributed by atoms with E-state index in [1.54, 1.807) is 11.0 Å². The number of hydrogen-bond donors (Lipinski definition) is 1. The molecule has 3 aromatic rings. The minimum Gasteiger partial charge on any atom is -0.361 e. The van der Waals surface area contributed by atoms with Crippen LogP contribution in [0.15, 0.2) is 53.6 Å². The molecule has 0 spiro atoms. The van der Waals surface area contributed by atoms with E-state index >= 15 is 0 Å². The van der Waals surface area contributed by atoms with E-state index in [2.05, 4.69) is 11.1 Å².